The Morgan fingerprint density at radius 1 is 1.26 bits per heavy atom. The van der Waals surface area contributed by atoms with Gasteiger partial charge in [-0.15, -0.1) is 17.7 Å². The topological polar surface area (TPSA) is 102 Å². The highest BCUT2D eigenvalue weighted by Gasteiger charge is 2.53. The number of piperidine rings is 1. The lowest BCUT2D eigenvalue weighted by molar-refractivity contribution is -0.780. The number of carbonyl (C=O) groups excluding carboxylic acids is 3. The first-order valence-electron chi connectivity index (χ1n) is 9.92. The molecule has 0 atom stereocenters. The van der Waals surface area contributed by atoms with Crippen molar-refractivity contribution in [2.75, 3.05) is 19.7 Å². The summed E-state index contributed by atoms with van der Waals surface area (Å²) >= 11 is 1.28. The lowest BCUT2D eigenvalue weighted by Gasteiger charge is -2.41. The van der Waals surface area contributed by atoms with Crippen molar-refractivity contribution in [3.05, 3.63) is 24.3 Å². The number of hydroxylamine groups is 1. The molecule has 31 heavy (non-hydrogen) atoms. The van der Waals surface area contributed by atoms with E-state index in [9.17, 15) is 19.6 Å². The van der Waals surface area contributed by atoms with Gasteiger partial charge in [-0.1, -0.05) is 5.92 Å². The second-order valence-electron chi connectivity index (χ2n) is 8.29. The van der Waals surface area contributed by atoms with Gasteiger partial charge in [-0.05, 0) is 52.0 Å². The highest BCUT2D eigenvalue weighted by Crippen LogP contribution is 2.43. The molecule has 9 heteroatoms. The molecule has 3 amide bonds. The largest absolute Gasteiger partial charge is 0.523 e. The van der Waals surface area contributed by atoms with E-state index in [-0.39, 0.29) is 32.5 Å². The highest BCUT2D eigenvalue weighted by molar-refractivity contribution is 8.01. The summed E-state index contributed by atoms with van der Waals surface area (Å²) in [6, 6.07) is 7.19. The van der Waals surface area contributed by atoms with E-state index in [4.69, 9.17) is 9.47 Å². The second kappa shape index (κ2) is 10.2. The molecule has 1 aromatic carbocycles. The van der Waals surface area contributed by atoms with Gasteiger partial charge >= 0.3 is 12.5 Å². The monoisotopic (exact) mass is 449 g/mol. The molecule has 0 aliphatic carbocycles. The van der Waals surface area contributed by atoms with Gasteiger partial charge in [0.25, 0.3) is 5.91 Å². The lowest BCUT2D eigenvalue weighted by Crippen LogP contribution is -2.62. The van der Waals surface area contributed by atoms with Gasteiger partial charge in [-0.3, -0.25) is 10.0 Å². The quantitative estimate of drug-likeness (QED) is 0.226. The van der Waals surface area contributed by atoms with Gasteiger partial charge in [0.1, 0.15) is 22.7 Å². The Labute approximate surface area is 186 Å². The third kappa shape index (κ3) is 6.23. The lowest BCUT2D eigenvalue weighted by atomic mass is 9.93. The predicted octanol–water partition coefficient (Wildman–Crippen LogP) is 3.13. The van der Waals surface area contributed by atoms with Crippen LogP contribution in [-0.2, 0) is 14.3 Å². The van der Waals surface area contributed by atoms with Gasteiger partial charge in [-0.2, -0.15) is 9.28 Å². The molecule has 0 aromatic heterocycles. The standard InChI is InChI=1S/C22H28N2O6S/c1-5-6-15-29-17-7-9-18(10-8-17)31-22(19(26)23-28)11-13-24(16-25,14-12-22)20(27)30-21(2,3)4/h7-10,16H,11-15H2,1-4H3,(H-,23,26,28)/p+1. The number of ether oxygens (including phenoxy) is 2. The van der Waals surface area contributed by atoms with Crippen LogP contribution in [0.15, 0.2) is 29.2 Å². The number of nitrogens with one attached hydrogen (secondary N) is 1. The molecule has 1 aliphatic heterocycles. The fraction of sp³-hybridized carbons (Fsp3) is 0.500. The van der Waals surface area contributed by atoms with Crippen LogP contribution in [0.1, 0.15) is 40.5 Å². The van der Waals surface area contributed by atoms with Crippen molar-refractivity contribution in [2.24, 2.45) is 0 Å². The Kier molecular flexibility index (Phi) is 8.12. The Morgan fingerprint density at radius 3 is 2.35 bits per heavy atom. The molecule has 0 bridgehead atoms. The van der Waals surface area contributed by atoms with Crippen LogP contribution in [0.2, 0.25) is 0 Å². The van der Waals surface area contributed by atoms with Crippen LogP contribution in [0.4, 0.5) is 4.79 Å². The number of rotatable bonds is 6. The van der Waals surface area contributed by atoms with Gasteiger partial charge in [0, 0.05) is 17.7 Å². The fourth-order valence-electron chi connectivity index (χ4n) is 3.18. The number of benzene rings is 1. The van der Waals surface area contributed by atoms with Crippen molar-refractivity contribution in [1.29, 1.82) is 0 Å². The maximum absolute atomic E-state index is 12.7. The van der Waals surface area contributed by atoms with Crippen LogP contribution in [-0.4, -0.2) is 58.1 Å². The van der Waals surface area contributed by atoms with Crippen LogP contribution in [0.5, 0.6) is 5.75 Å². The number of thioether (sulfide) groups is 1. The summed E-state index contributed by atoms with van der Waals surface area (Å²) in [7, 11) is 0. The van der Waals surface area contributed by atoms with Gasteiger partial charge in [-0.25, -0.2) is 10.3 Å². The minimum absolute atomic E-state index is 0.0930. The Morgan fingerprint density at radius 2 is 1.87 bits per heavy atom. The Hall–Kier alpha value is -2.54. The smallest absolute Gasteiger partial charge is 0.481 e. The third-order valence-corrected chi connectivity index (χ3v) is 6.42. The normalized spacial score (nSPS) is 23.1. The molecular weight excluding hydrogens is 420 g/mol. The number of hydrogen-bond acceptors (Lipinski definition) is 7. The molecule has 0 radical (unpaired) electrons. The summed E-state index contributed by atoms with van der Waals surface area (Å²) in [4.78, 5) is 37.9. The molecule has 168 valence electrons. The zero-order chi connectivity index (χ0) is 23.1. The minimum atomic E-state index is -1.03. The van der Waals surface area contributed by atoms with E-state index in [1.165, 1.54) is 11.8 Å². The molecule has 1 fully saturated rings. The van der Waals surface area contributed by atoms with Gasteiger partial charge in [0.05, 0.1) is 13.1 Å². The van der Waals surface area contributed by atoms with Gasteiger partial charge in [0.15, 0.2) is 0 Å². The Bertz CT molecular complexity index is 859. The molecule has 2 rings (SSSR count). The number of likely N-dealkylation sites (tertiary alicyclic amines) is 1. The molecule has 0 saturated carbocycles. The number of carbonyl (C=O) groups is 3. The van der Waals surface area contributed by atoms with E-state index in [0.29, 0.717) is 12.2 Å². The number of nitrogens with zero attached hydrogens (tertiary/aromatic N) is 1. The van der Waals surface area contributed by atoms with Crippen LogP contribution < -0.4 is 10.2 Å². The zero-order valence-electron chi connectivity index (χ0n) is 18.3. The van der Waals surface area contributed by atoms with Crippen molar-refractivity contribution in [3.8, 4) is 17.6 Å². The van der Waals surface area contributed by atoms with Crippen LogP contribution in [0, 0.1) is 11.8 Å². The van der Waals surface area contributed by atoms with Crippen molar-refractivity contribution in [3.63, 3.8) is 0 Å². The van der Waals surface area contributed by atoms with E-state index in [1.807, 2.05) is 12.1 Å². The van der Waals surface area contributed by atoms with E-state index in [0.717, 1.165) is 4.90 Å². The summed E-state index contributed by atoms with van der Waals surface area (Å²) in [6.07, 6.45) is 0.339. The average Bonchev–Trinajstić information content (AvgIpc) is 2.74. The van der Waals surface area contributed by atoms with Crippen LogP contribution in [0.25, 0.3) is 0 Å². The van der Waals surface area contributed by atoms with Crippen molar-refractivity contribution in [1.82, 2.24) is 5.48 Å². The van der Waals surface area contributed by atoms with Crippen molar-refractivity contribution >= 4 is 30.2 Å². The second-order valence-corrected chi connectivity index (χ2v) is 9.75. The van der Waals surface area contributed by atoms with Crippen LogP contribution in [0.3, 0.4) is 0 Å². The molecule has 2 N–H and O–H groups in total. The summed E-state index contributed by atoms with van der Waals surface area (Å²) in [6.45, 7) is 7.41. The van der Waals surface area contributed by atoms with Gasteiger partial charge in [0.2, 0.25) is 0 Å². The fourth-order valence-corrected chi connectivity index (χ4v) is 4.43. The minimum Gasteiger partial charge on any atom is -0.481 e. The van der Waals surface area contributed by atoms with Gasteiger partial charge < -0.3 is 9.47 Å². The number of hydrogen-bond donors (Lipinski definition) is 2. The molecule has 0 unspecified atom stereocenters. The summed E-state index contributed by atoms with van der Waals surface area (Å²) in [5.74, 6) is 5.65. The zero-order valence-corrected chi connectivity index (χ0v) is 19.1. The predicted molar refractivity (Wildman–Crippen MR) is 115 cm³/mol. The average molecular weight is 450 g/mol. The SMILES string of the molecule is CC#CCOc1ccc(SC2(C(=O)NO)CC[N+](C=O)(C(=O)OC(C)(C)C)CC2)cc1. The number of imide groups is 1. The highest BCUT2D eigenvalue weighted by atomic mass is 32.2. The van der Waals surface area contributed by atoms with E-state index in [1.54, 1.807) is 45.3 Å². The first kappa shape index (κ1) is 24.7. The molecule has 1 aliphatic rings. The molecule has 1 heterocycles. The number of amides is 3. The van der Waals surface area contributed by atoms with E-state index < -0.39 is 26.8 Å². The van der Waals surface area contributed by atoms with Crippen LogP contribution >= 0.6 is 11.8 Å². The Balaban J connectivity index is 2.17. The van der Waals surface area contributed by atoms with Crippen molar-refractivity contribution in [2.45, 2.75) is 55.8 Å². The third-order valence-electron chi connectivity index (χ3n) is 4.93. The summed E-state index contributed by atoms with van der Waals surface area (Å²) < 4.78 is 9.38. The first-order valence-corrected chi connectivity index (χ1v) is 10.7. The molecule has 8 nitrogen and oxygen atoms in total. The molecular formula is C22H29N2O6S+. The van der Waals surface area contributed by atoms with E-state index >= 15 is 0 Å². The molecule has 0 spiro atoms. The molecule has 1 aromatic rings. The maximum atomic E-state index is 12.7. The van der Waals surface area contributed by atoms with Crippen molar-refractivity contribution < 1.29 is 33.5 Å². The maximum Gasteiger partial charge on any atom is 0.523 e. The molecule has 1 saturated heterocycles. The summed E-state index contributed by atoms with van der Waals surface area (Å²) in [5, 5.41) is 9.33. The number of quaternary nitrogens is 1. The summed E-state index contributed by atoms with van der Waals surface area (Å²) in [5.41, 5.74) is 1.01. The first-order chi connectivity index (χ1) is 14.6. The van der Waals surface area contributed by atoms with E-state index in [2.05, 4.69) is 11.8 Å².